The van der Waals surface area contributed by atoms with Crippen molar-refractivity contribution in [2.75, 3.05) is 6.61 Å². The fourth-order valence-electron chi connectivity index (χ4n) is 2.21. The molecule has 1 amide bonds. The van der Waals surface area contributed by atoms with Gasteiger partial charge in [0.2, 0.25) is 0 Å². The molecule has 1 heterocycles. The average molecular weight is 412 g/mol. The molecule has 0 N–H and O–H groups in total. The first-order valence-electron chi connectivity index (χ1n) is 7.24. The Hall–Kier alpha value is -2.42. The van der Waals surface area contributed by atoms with Crippen molar-refractivity contribution in [2.45, 2.75) is 0 Å². The highest BCUT2D eigenvalue weighted by atomic mass is 35.5. The number of nitrogens with zero attached hydrogens (tertiary/aromatic N) is 3. The lowest BCUT2D eigenvalue weighted by molar-refractivity contribution is -0.384. The maximum Gasteiger partial charge on any atom is 0.286 e. The number of halogens is 2. The van der Waals surface area contributed by atoms with Gasteiger partial charge in [0.25, 0.3) is 11.6 Å². The number of aryl methyl sites for hydroxylation is 1. The van der Waals surface area contributed by atoms with Crippen molar-refractivity contribution in [1.29, 1.82) is 0 Å². The number of thiazole rings is 1. The van der Waals surface area contributed by atoms with Crippen LogP contribution in [0.1, 0.15) is 0 Å². The Morgan fingerprint density at radius 2 is 2.08 bits per heavy atom. The molecule has 0 bridgehead atoms. The molecule has 0 aliphatic carbocycles. The maximum atomic E-state index is 12.1. The molecule has 0 radical (unpaired) electrons. The van der Waals surface area contributed by atoms with E-state index in [0.717, 1.165) is 4.70 Å². The molecule has 0 saturated carbocycles. The first-order chi connectivity index (χ1) is 12.3. The van der Waals surface area contributed by atoms with Crippen LogP contribution in [0, 0.1) is 10.1 Å². The minimum absolute atomic E-state index is 0.0236. The van der Waals surface area contributed by atoms with E-state index < -0.39 is 10.8 Å². The highest BCUT2D eigenvalue weighted by Gasteiger charge is 2.11. The van der Waals surface area contributed by atoms with Gasteiger partial charge in [-0.05, 0) is 24.3 Å². The monoisotopic (exact) mass is 411 g/mol. The van der Waals surface area contributed by atoms with Crippen LogP contribution in [0.5, 0.6) is 5.75 Å². The van der Waals surface area contributed by atoms with E-state index in [1.165, 1.54) is 29.5 Å². The molecule has 3 aromatic rings. The number of nitro benzene ring substituents is 1. The van der Waals surface area contributed by atoms with Crippen molar-refractivity contribution >= 4 is 56.3 Å². The van der Waals surface area contributed by atoms with Gasteiger partial charge in [0.15, 0.2) is 11.4 Å². The molecule has 134 valence electrons. The number of hydrogen-bond acceptors (Lipinski definition) is 5. The molecule has 0 spiro atoms. The van der Waals surface area contributed by atoms with Crippen LogP contribution in [0.2, 0.25) is 10.0 Å². The number of nitro groups is 1. The van der Waals surface area contributed by atoms with Crippen molar-refractivity contribution < 1.29 is 14.5 Å². The molecular weight excluding hydrogens is 401 g/mol. The number of hydrogen-bond donors (Lipinski definition) is 0. The smallest absolute Gasteiger partial charge is 0.286 e. The summed E-state index contributed by atoms with van der Waals surface area (Å²) in [6.45, 7) is -0.296. The molecule has 10 heteroatoms. The van der Waals surface area contributed by atoms with Crippen molar-refractivity contribution in [2.24, 2.45) is 12.0 Å². The molecule has 0 fully saturated rings. The van der Waals surface area contributed by atoms with Crippen LogP contribution in [0.25, 0.3) is 10.2 Å². The zero-order valence-electron chi connectivity index (χ0n) is 13.3. The summed E-state index contributed by atoms with van der Waals surface area (Å²) in [7, 11) is 1.69. The number of ether oxygens (including phenoxy) is 1. The average Bonchev–Trinajstić information content (AvgIpc) is 2.89. The SMILES string of the molecule is Cn1c(=NC(=O)COc2ccc(Cl)cc2Cl)sc2ccc([N+](=O)[O-])cc21. The third kappa shape index (κ3) is 3.87. The molecule has 7 nitrogen and oxygen atoms in total. The Morgan fingerprint density at radius 3 is 2.77 bits per heavy atom. The van der Waals surface area contributed by atoms with E-state index >= 15 is 0 Å². The van der Waals surface area contributed by atoms with Gasteiger partial charge in [0.1, 0.15) is 5.75 Å². The number of aromatic nitrogens is 1. The van der Waals surface area contributed by atoms with Gasteiger partial charge in [0.05, 0.1) is 20.2 Å². The van der Waals surface area contributed by atoms with Gasteiger partial charge in [0, 0.05) is 24.2 Å². The van der Waals surface area contributed by atoms with Crippen molar-refractivity contribution in [1.82, 2.24) is 4.57 Å². The number of non-ortho nitro benzene ring substituents is 1. The Labute approximate surface area is 161 Å². The third-order valence-corrected chi connectivity index (χ3v) is 5.11. The van der Waals surface area contributed by atoms with Gasteiger partial charge in [-0.2, -0.15) is 4.99 Å². The summed E-state index contributed by atoms with van der Waals surface area (Å²) in [5, 5.41) is 11.7. The second-order valence-electron chi connectivity index (χ2n) is 5.22. The third-order valence-electron chi connectivity index (χ3n) is 3.47. The summed E-state index contributed by atoms with van der Waals surface area (Å²) in [6.07, 6.45) is 0. The van der Waals surface area contributed by atoms with E-state index in [1.54, 1.807) is 29.8 Å². The van der Waals surface area contributed by atoms with Crippen molar-refractivity contribution in [3.8, 4) is 5.75 Å². The van der Waals surface area contributed by atoms with E-state index in [4.69, 9.17) is 27.9 Å². The van der Waals surface area contributed by atoms with Gasteiger partial charge in [-0.15, -0.1) is 0 Å². The number of carbonyl (C=O) groups excluding carboxylic acids is 1. The molecule has 26 heavy (non-hydrogen) atoms. The number of rotatable bonds is 4. The van der Waals surface area contributed by atoms with Gasteiger partial charge < -0.3 is 9.30 Å². The summed E-state index contributed by atoms with van der Waals surface area (Å²) < 4.78 is 7.77. The van der Waals surface area contributed by atoms with E-state index in [9.17, 15) is 14.9 Å². The molecule has 0 atom stereocenters. The fourth-order valence-corrected chi connectivity index (χ4v) is 3.69. The Kier molecular flexibility index (Phi) is 5.26. The number of amides is 1. The van der Waals surface area contributed by atoms with Crippen LogP contribution >= 0.6 is 34.5 Å². The van der Waals surface area contributed by atoms with Gasteiger partial charge >= 0.3 is 0 Å². The first-order valence-corrected chi connectivity index (χ1v) is 8.82. The standard InChI is InChI=1S/C16H11Cl2N3O4S/c1-20-12-7-10(21(23)24)3-5-14(12)26-16(20)19-15(22)8-25-13-4-2-9(17)6-11(13)18/h2-7H,8H2,1H3. The zero-order valence-corrected chi connectivity index (χ0v) is 15.6. The summed E-state index contributed by atoms with van der Waals surface area (Å²) in [5.41, 5.74) is 0.599. The summed E-state index contributed by atoms with van der Waals surface area (Å²) >= 11 is 13.0. The molecule has 0 saturated heterocycles. The van der Waals surface area contributed by atoms with Crippen LogP contribution in [-0.4, -0.2) is 22.0 Å². The Morgan fingerprint density at radius 1 is 1.31 bits per heavy atom. The van der Waals surface area contributed by atoms with E-state index in [0.29, 0.717) is 26.1 Å². The summed E-state index contributed by atoms with van der Waals surface area (Å²) in [6, 6.07) is 9.17. The largest absolute Gasteiger partial charge is 0.482 e. The summed E-state index contributed by atoms with van der Waals surface area (Å²) in [4.78, 5) is 26.9. The Balaban J connectivity index is 1.83. The number of carbonyl (C=O) groups is 1. The molecule has 0 aliphatic heterocycles. The number of fused-ring (bicyclic) bond motifs is 1. The van der Waals surface area contributed by atoms with Crippen LogP contribution in [0.15, 0.2) is 41.4 Å². The van der Waals surface area contributed by atoms with Crippen molar-refractivity contribution in [3.63, 3.8) is 0 Å². The van der Waals surface area contributed by atoms with Crippen LogP contribution < -0.4 is 9.54 Å². The van der Waals surface area contributed by atoms with E-state index in [-0.39, 0.29) is 12.3 Å². The second kappa shape index (κ2) is 7.45. The molecule has 1 aromatic heterocycles. The molecule has 3 rings (SSSR count). The highest BCUT2D eigenvalue weighted by molar-refractivity contribution is 7.16. The normalized spacial score (nSPS) is 11.7. The zero-order chi connectivity index (χ0) is 18.8. The minimum atomic E-state index is -0.507. The lowest BCUT2D eigenvalue weighted by Gasteiger charge is -2.05. The second-order valence-corrected chi connectivity index (χ2v) is 7.07. The molecule has 2 aromatic carbocycles. The lowest BCUT2D eigenvalue weighted by Crippen LogP contribution is -2.17. The Bertz CT molecular complexity index is 1090. The van der Waals surface area contributed by atoms with Crippen LogP contribution in [0.4, 0.5) is 5.69 Å². The predicted molar refractivity (Wildman–Crippen MR) is 100.0 cm³/mol. The quantitative estimate of drug-likeness (QED) is 0.480. The van der Waals surface area contributed by atoms with Crippen LogP contribution in [0.3, 0.4) is 0 Å². The minimum Gasteiger partial charge on any atom is -0.482 e. The number of benzene rings is 2. The maximum absolute atomic E-state index is 12.1. The van der Waals surface area contributed by atoms with Gasteiger partial charge in [-0.25, -0.2) is 0 Å². The highest BCUT2D eigenvalue weighted by Crippen LogP contribution is 2.27. The summed E-state index contributed by atoms with van der Waals surface area (Å²) in [5.74, 6) is -0.177. The molecule has 0 aliphatic rings. The van der Waals surface area contributed by atoms with Crippen molar-refractivity contribution in [3.05, 3.63) is 61.4 Å². The van der Waals surface area contributed by atoms with E-state index in [2.05, 4.69) is 4.99 Å². The lowest BCUT2D eigenvalue weighted by atomic mass is 10.3. The van der Waals surface area contributed by atoms with Gasteiger partial charge in [-0.3, -0.25) is 14.9 Å². The topological polar surface area (TPSA) is 86.7 Å². The van der Waals surface area contributed by atoms with E-state index in [1.807, 2.05) is 0 Å². The fraction of sp³-hybridized carbons (Fsp3) is 0.125. The molecule has 0 unspecified atom stereocenters. The van der Waals surface area contributed by atoms with Gasteiger partial charge in [-0.1, -0.05) is 34.5 Å². The first kappa shape index (κ1) is 18.4. The van der Waals surface area contributed by atoms with Crippen LogP contribution in [-0.2, 0) is 11.8 Å². The predicted octanol–water partition coefficient (Wildman–Crippen LogP) is 3.96. The molecular formula is C16H11Cl2N3O4S.